The molecule has 0 saturated heterocycles. The molecule has 0 heterocycles. The van der Waals surface area contributed by atoms with Gasteiger partial charge >= 0.3 is 12.1 Å². The normalized spacial score (nSPS) is 11.5. The fourth-order valence-electron chi connectivity index (χ4n) is 3.41. The van der Waals surface area contributed by atoms with Gasteiger partial charge < -0.3 is 71.2 Å². The van der Waals surface area contributed by atoms with E-state index >= 15 is 0 Å². The number of rotatable bonds is 40. The standard InChI is InChI=1S/C35H67NO16/c1-6-33(37)51-32-31-50-30-29-49-28-27-48-26-25-47-24-23-46-22-21-45-20-19-44-18-17-43-16-15-42-14-13-41-12-11-40-10-9-39-8-7-36(5)34(38)52-35(2,3)4/h6H,1,7-32H2,2-5H3. The molecule has 1 amide bonds. The van der Waals surface area contributed by atoms with Gasteiger partial charge in [0.1, 0.15) is 12.2 Å². The first-order valence-electron chi connectivity index (χ1n) is 17.9. The lowest BCUT2D eigenvalue weighted by atomic mass is 10.2. The van der Waals surface area contributed by atoms with E-state index in [4.69, 9.17) is 66.3 Å². The molecule has 0 fully saturated rings. The molecule has 52 heavy (non-hydrogen) atoms. The maximum Gasteiger partial charge on any atom is 0.410 e. The second-order valence-electron chi connectivity index (χ2n) is 11.6. The van der Waals surface area contributed by atoms with E-state index in [9.17, 15) is 9.59 Å². The van der Waals surface area contributed by atoms with E-state index in [0.29, 0.717) is 165 Å². The number of carbonyl (C=O) groups is 2. The number of hydrogen-bond donors (Lipinski definition) is 0. The van der Waals surface area contributed by atoms with Crippen LogP contribution in [0.5, 0.6) is 0 Å². The second-order valence-corrected chi connectivity index (χ2v) is 11.6. The van der Waals surface area contributed by atoms with Gasteiger partial charge in [0.15, 0.2) is 0 Å². The van der Waals surface area contributed by atoms with Crippen LogP contribution in [-0.2, 0) is 71.1 Å². The molecule has 0 saturated carbocycles. The topological polar surface area (TPSA) is 167 Å². The summed E-state index contributed by atoms with van der Waals surface area (Å²) in [5.74, 6) is -0.463. The van der Waals surface area contributed by atoms with Crippen molar-refractivity contribution in [3.05, 3.63) is 12.7 Å². The summed E-state index contributed by atoms with van der Waals surface area (Å²) in [4.78, 5) is 24.2. The number of nitrogens with zero attached hydrogens (tertiary/aromatic N) is 1. The molecule has 0 aliphatic rings. The van der Waals surface area contributed by atoms with Crippen molar-refractivity contribution in [2.45, 2.75) is 26.4 Å². The van der Waals surface area contributed by atoms with Gasteiger partial charge in [0.2, 0.25) is 0 Å². The third-order valence-corrected chi connectivity index (χ3v) is 6.01. The van der Waals surface area contributed by atoms with Crippen LogP contribution >= 0.6 is 0 Å². The highest BCUT2D eigenvalue weighted by molar-refractivity contribution is 5.81. The minimum absolute atomic E-state index is 0.193. The molecule has 0 rings (SSSR count). The van der Waals surface area contributed by atoms with Crippen LogP contribution in [0.3, 0.4) is 0 Å². The number of amides is 1. The third-order valence-electron chi connectivity index (χ3n) is 6.01. The summed E-state index contributed by atoms with van der Waals surface area (Å²) in [6.45, 7) is 20.5. The molecule has 0 aromatic rings. The molecule has 0 unspecified atom stereocenters. The first-order valence-corrected chi connectivity index (χ1v) is 17.9. The summed E-state index contributed by atoms with van der Waals surface area (Å²) in [6.07, 6.45) is 0.743. The Morgan fingerprint density at radius 1 is 0.442 bits per heavy atom. The Morgan fingerprint density at radius 3 is 0.904 bits per heavy atom. The lowest BCUT2D eigenvalue weighted by Gasteiger charge is -2.24. The Bertz CT molecular complexity index is 801. The van der Waals surface area contributed by atoms with Crippen LogP contribution in [0.2, 0.25) is 0 Å². The molecule has 0 radical (unpaired) electrons. The van der Waals surface area contributed by atoms with E-state index in [0.717, 1.165) is 6.08 Å². The minimum atomic E-state index is -0.515. The maximum absolute atomic E-state index is 11.9. The fraction of sp³-hybridized carbons (Fsp3) is 0.886. The van der Waals surface area contributed by atoms with Crippen LogP contribution in [0.15, 0.2) is 12.7 Å². The Morgan fingerprint density at radius 2 is 0.673 bits per heavy atom. The molecule has 0 atom stereocenters. The van der Waals surface area contributed by atoms with Crippen molar-refractivity contribution >= 4 is 12.1 Å². The van der Waals surface area contributed by atoms with E-state index in [1.807, 2.05) is 20.8 Å². The van der Waals surface area contributed by atoms with Gasteiger partial charge in [0.05, 0.1) is 159 Å². The number of ether oxygens (including phenoxy) is 14. The summed E-state index contributed by atoms with van der Waals surface area (Å²) in [6, 6.07) is 0. The molecule has 0 aliphatic heterocycles. The van der Waals surface area contributed by atoms with Crippen LogP contribution in [0.1, 0.15) is 20.8 Å². The summed E-state index contributed by atoms with van der Waals surface area (Å²) in [5.41, 5.74) is -0.515. The van der Waals surface area contributed by atoms with E-state index in [1.54, 1.807) is 7.05 Å². The van der Waals surface area contributed by atoms with Crippen LogP contribution in [-0.4, -0.2) is 201 Å². The van der Waals surface area contributed by atoms with E-state index < -0.39 is 11.6 Å². The molecule has 0 N–H and O–H groups in total. The Labute approximate surface area is 310 Å². The second kappa shape index (κ2) is 38.7. The van der Waals surface area contributed by atoms with Gasteiger partial charge in [-0.05, 0) is 20.8 Å². The highest BCUT2D eigenvalue weighted by Gasteiger charge is 2.19. The van der Waals surface area contributed by atoms with Crippen molar-refractivity contribution in [2.75, 3.05) is 179 Å². The van der Waals surface area contributed by atoms with Gasteiger partial charge in [-0.3, -0.25) is 0 Å². The first kappa shape index (κ1) is 50.0. The minimum Gasteiger partial charge on any atom is -0.460 e. The molecule has 0 aromatic heterocycles. The average molecular weight is 758 g/mol. The number of esters is 1. The van der Waals surface area contributed by atoms with Crippen LogP contribution in [0.25, 0.3) is 0 Å². The van der Waals surface area contributed by atoms with Crippen molar-refractivity contribution in [2.24, 2.45) is 0 Å². The molecule has 0 aromatic carbocycles. The van der Waals surface area contributed by atoms with E-state index in [1.165, 1.54) is 4.90 Å². The lowest BCUT2D eigenvalue weighted by molar-refractivity contribution is -0.139. The molecular formula is C35H67NO16. The smallest absolute Gasteiger partial charge is 0.410 e. The number of hydrogen-bond acceptors (Lipinski definition) is 16. The van der Waals surface area contributed by atoms with E-state index in [2.05, 4.69) is 6.58 Å². The zero-order valence-electron chi connectivity index (χ0n) is 32.1. The molecule has 17 heteroatoms. The molecule has 0 aliphatic carbocycles. The average Bonchev–Trinajstić information content (AvgIpc) is 3.11. The fourth-order valence-corrected chi connectivity index (χ4v) is 3.41. The van der Waals surface area contributed by atoms with Gasteiger partial charge in [-0.15, -0.1) is 0 Å². The van der Waals surface area contributed by atoms with Gasteiger partial charge in [0.25, 0.3) is 0 Å². The van der Waals surface area contributed by atoms with Crippen LogP contribution in [0.4, 0.5) is 4.79 Å². The van der Waals surface area contributed by atoms with Crippen molar-refractivity contribution in [3.8, 4) is 0 Å². The largest absolute Gasteiger partial charge is 0.460 e. The summed E-state index contributed by atoms with van der Waals surface area (Å²) in [7, 11) is 1.68. The van der Waals surface area contributed by atoms with Crippen LogP contribution in [0, 0.1) is 0 Å². The van der Waals surface area contributed by atoms with Gasteiger partial charge in [0, 0.05) is 19.7 Å². The maximum atomic E-state index is 11.9. The monoisotopic (exact) mass is 757 g/mol. The zero-order valence-corrected chi connectivity index (χ0v) is 32.1. The zero-order chi connectivity index (χ0) is 38.2. The SMILES string of the molecule is C=CC(=O)OCCOCCOCCOCCOCCOCCOCCOCCOCCOCCOCCOCCOCCN(C)C(=O)OC(C)(C)C. The van der Waals surface area contributed by atoms with Gasteiger partial charge in [-0.2, -0.15) is 0 Å². The number of carbonyl (C=O) groups excluding carboxylic acids is 2. The van der Waals surface area contributed by atoms with Crippen molar-refractivity contribution in [1.29, 1.82) is 0 Å². The highest BCUT2D eigenvalue weighted by Crippen LogP contribution is 2.08. The quantitative estimate of drug-likeness (QED) is 0.0504. The molecular weight excluding hydrogens is 690 g/mol. The predicted molar refractivity (Wildman–Crippen MR) is 190 cm³/mol. The van der Waals surface area contributed by atoms with Crippen LogP contribution < -0.4 is 0 Å². The molecule has 0 bridgehead atoms. The molecule has 308 valence electrons. The van der Waals surface area contributed by atoms with Gasteiger partial charge in [-0.25, -0.2) is 9.59 Å². The Hall–Kier alpha value is -2.00. The number of likely N-dealkylation sites (N-methyl/N-ethyl adjacent to an activating group) is 1. The molecule has 17 nitrogen and oxygen atoms in total. The Balaban J connectivity index is 3.14. The van der Waals surface area contributed by atoms with Crippen molar-refractivity contribution in [1.82, 2.24) is 4.90 Å². The predicted octanol–water partition coefficient (Wildman–Crippen LogP) is 1.78. The van der Waals surface area contributed by atoms with Gasteiger partial charge in [-0.1, -0.05) is 6.58 Å². The van der Waals surface area contributed by atoms with E-state index in [-0.39, 0.29) is 12.7 Å². The third kappa shape index (κ3) is 40.8. The Kier molecular flexibility index (Phi) is 37.2. The summed E-state index contributed by atoms with van der Waals surface area (Å²) in [5, 5.41) is 0. The lowest BCUT2D eigenvalue weighted by Crippen LogP contribution is -2.36. The first-order chi connectivity index (χ1) is 25.3. The van der Waals surface area contributed by atoms with Crippen molar-refractivity contribution < 1.29 is 75.9 Å². The molecule has 0 spiro atoms. The summed E-state index contributed by atoms with van der Waals surface area (Å²) < 4.78 is 75.4. The van der Waals surface area contributed by atoms with Crippen molar-refractivity contribution in [3.63, 3.8) is 0 Å². The highest BCUT2D eigenvalue weighted by atomic mass is 16.6. The summed E-state index contributed by atoms with van der Waals surface area (Å²) >= 11 is 0.